The van der Waals surface area contributed by atoms with Crippen LogP contribution in [-0.2, 0) is 10.0 Å². The number of hydrogen-bond acceptors (Lipinski definition) is 6. The van der Waals surface area contributed by atoms with Crippen LogP contribution in [0.2, 0.25) is 0 Å². The number of benzene rings is 2. The first-order valence-corrected chi connectivity index (χ1v) is 10.6. The van der Waals surface area contributed by atoms with E-state index in [1.165, 1.54) is 12.1 Å². The standard InChI is InChI=1S/C20H28N4O4S/c1-14-7-9-17(15(2)11-14)22-29(27,28)16-8-10-18(19(12-16)24(25)26)21-13-20(3,4)23(5)6/h7-12,21-22H,13H2,1-6H3. The molecule has 9 heteroatoms. The van der Waals surface area contributed by atoms with Gasteiger partial charge in [-0.3, -0.25) is 14.8 Å². The molecule has 0 saturated carbocycles. The summed E-state index contributed by atoms with van der Waals surface area (Å²) in [6.45, 7) is 8.16. The molecule has 2 N–H and O–H groups in total. The lowest BCUT2D eigenvalue weighted by Crippen LogP contribution is -2.44. The second-order valence-electron chi connectivity index (χ2n) is 7.92. The predicted molar refractivity (Wildman–Crippen MR) is 116 cm³/mol. The minimum atomic E-state index is -3.97. The maximum Gasteiger partial charge on any atom is 0.293 e. The van der Waals surface area contributed by atoms with E-state index >= 15 is 0 Å². The Morgan fingerprint density at radius 3 is 2.24 bits per heavy atom. The van der Waals surface area contributed by atoms with Gasteiger partial charge in [-0.05, 0) is 65.6 Å². The van der Waals surface area contributed by atoms with E-state index in [0.717, 1.165) is 17.2 Å². The first-order chi connectivity index (χ1) is 13.3. The zero-order valence-corrected chi connectivity index (χ0v) is 18.4. The van der Waals surface area contributed by atoms with Gasteiger partial charge in [0.2, 0.25) is 0 Å². The summed E-state index contributed by atoms with van der Waals surface area (Å²) in [6.07, 6.45) is 0. The van der Waals surface area contributed by atoms with Crippen LogP contribution in [0.1, 0.15) is 25.0 Å². The number of rotatable bonds is 8. The van der Waals surface area contributed by atoms with E-state index in [0.29, 0.717) is 12.2 Å². The number of nitro groups is 1. The Balaban J connectivity index is 2.34. The molecule has 0 aliphatic carbocycles. The van der Waals surface area contributed by atoms with E-state index in [-0.39, 0.29) is 21.8 Å². The van der Waals surface area contributed by atoms with Crippen molar-refractivity contribution in [2.75, 3.05) is 30.7 Å². The highest BCUT2D eigenvalue weighted by Crippen LogP contribution is 2.30. The molecule has 0 aliphatic heterocycles. The van der Waals surface area contributed by atoms with E-state index in [4.69, 9.17) is 0 Å². The Labute approximate surface area is 172 Å². The third-order valence-corrected chi connectivity index (χ3v) is 6.39. The number of aryl methyl sites for hydroxylation is 2. The van der Waals surface area contributed by atoms with Gasteiger partial charge in [0, 0.05) is 18.2 Å². The summed E-state index contributed by atoms with van der Waals surface area (Å²) in [4.78, 5) is 12.8. The summed E-state index contributed by atoms with van der Waals surface area (Å²) in [5, 5.41) is 14.6. The number of nitrogens with one attached hydrogen (secondary N) is 2. The molecule has 0 aliphatic rings. The Morgan fingerprint density at radius 1 is 1.07 bits per heavy atom. The molecule has 0 spiro atoms. The highest BCUT2D eigenvalue weighted by Gasteiger charge is 2.25. The maximum absolute atomic E-state index is 12.8. The maximum atomic E-state index is 12.8. The first kappa shape index (κ1) is 22.6. The summed E-state index contributed by atoms with van der Waals surface area (Å²) in [5.74, 6) is 0. The van der Waals surface area contributed by atoms with Crippen molar-refractivity contribution >= 4 is 27.1 Å². The lowest BCUT2D eigenvalue weighted by molar-refractivity contribution is -0.384. The van der Waals surface area contributed by atoms with E-state index < -0.39 is 14.9 Å². The minimum Gasteiger partial charge on any atom is -0.378 e. The molecule has 0 bridgehead atoms. The molecule has 2 rings (SSSR count). The average molecular weight is 421 g/mol. The fourth-order valence-electron chi connectivity index (χ4n) is 2.58. The second kappa shape index (κ2) is 8.38. The predicted octanol–water partition coefficient (Wildman–Crippen LogP) is 3.76. The molecule has 158 valence electrons. The number of likely N-dealkylation sites (N-methyl/N-ethyl adjacent to an activating group) is 1. The first-order valence-electron chi connectivity index (χ1n) is 9.13. The minimum absolute atomic E-state index is 0.165. The molecule has 0 unspecified atom stereocenters. The molecule has 29 heavy (non-hydrogen) atoms. The van der Waals surface area contributed by atoms with Gasteiger partial charge in [0.05, 0.1) is 15.5 Å². The second-order valence-corrected chi connectivity index (χ2v) is 9.60. The zero-order chi connectivity index (χ0) is 22.0. The Hall–Kier alpha value is -2.65. The highest BCUT2D eigenvalue weighted by molar-refractivity contribution is 7.92. The van der Waals surface area contributed by atoms with Crippen LogP contribution in [-0.4, -0.2) is 44.4 Å². The van der Waals surface area contributed by atoms with Crippen molar-refractivity contribution in [3.8, 4) is 0 Å². The van der Waals surface area contributed by atoms with E-state index in [9.17, 15) is 18.5 Å². The lowest BCUT2D eigenvalue weighted by Gasteiger charge is -2.32. The fraction of sp³-hybridized carbons (Fsp3) is 0.400. The van der Waals surface area contributed by atoms with Gasteiger partial charge in [-0.15, -0.1) is 0 Å². The van der Waals surface area contributed by atoms with Crippen molar-refractivity contribution in [1.29, 1.82) is 0 Å². The van der Waals surface area contributed by atoms with Crippen LogP contribution in [0.3, 0.4) is 0 Å². The van der Waals surface area contributed by atoms with Crippen LogP contribution in [0.5, 0.6) is 0 Å². The van der Waals surface area contributed by atoms with Gasteiger partial charge in [0.25, 0.3) is 15.7 Å². The molecule has 0 atom stereocenters. The van der Waals surface area contributed by atoms with Crippen LogP contribution >= 0.6 is 0 Å². The van der Waals surface area contributed by atoms with Gasteiger partial charge < -0.3 is 10.2 Å². The molecular weight excluding hydrogens is 392 g/mol. The van der Waals surface area contributed by atoms with Gasteiger partial charge in [0.15, 0.2) is 0 Å². The fourth-order valence-corrected chi connectivity index (χ4v) is 3.73. The third kappa shape index (κ3) is 5.45. The lowest BCUT2D eigenvalue weighted by atomic mass is 10.0. The van der Waals surface area contributed by atoms with Crippen molar-refractivity contribution in [1.82, 2.24) is 4.90 Å². The number of anilines is 2. The Bertz CT molecular complexity index is 1020. The molecule has 0 heterocycles. The largest absolute Gasteiger partial charge is 0.378 e. The number of nitro benzene ring substituents is 1. The van der Waals surface area contributed by atoms with E-state index in [2.05, 4.69) is 10.0 Å². The molecule has 0 radical (unpaired) electrons. The summed E-state index contributed by atoms with van der Waals surface area (Å²) < 4.78 is 28.1. The molecule has 0 fully saturated rings. The average Bonchev–Trinajstić information content (AvgIpc) is 2.62. The summed E-state index contributed by atoms with van der Waals surface area (Å²) in [7, 11) is -0.126. The van der Waals surface area contributed by atoms with Crippen molar-refractivity contribution < 1.29 is 13.3 Å². The molecule has 0 amide bonds. The van der Waals surface area contributed by atoms with Crippen LogP contribution in [0, 0.1) is 24.0 Å². The molecule has 2 aromatic rings. The SMILES string of the molecule is Cc1ccc(NS(=O)(=O)c2ccc(NCC(C)(C)N(C)C)c([N+](=O)[O-])c2)c(C)c1. The number of nitrogens with zero attached hydrogens (tertiary/aromatic N) is 2. The summed E-state index contributed by atoms with van der Waals surface area (Å²) >= 11 is 0. The zero-order valence-electron chi connectivity index (χ0n) is 17.6. The molecule has 8 nitrogen and oxygen atoms in total. The van der Waals surface area contributed by atoms with Crippen LogP contribution < -0.4 is 10.0 Å². The third-order valence-electron chi connectivity index (χ3n) is 5.02. The summed E-state index contributed by atoms with van der Waals surface area (Å²) in [6, 6.07) is 9.21. The van der Waals surface area contributed by atoms with Gasteiger partial charge in [0.1, 0.15) is 5.69 Å². The van der Waals surface area contributed by atoms with Gasteiger partial charge in [-0.25, -0.2) is 8.42 Å². The normalized spacial score (nSPS) is 12.1. The van der Waals surface area contributed by atoms with Crippen molar-refractivity contribution in [2.45, 2.75) is 38.1 Å². The highest BCUT2D eigenvalue weighted by atomic mass is 32.2. The van der Waals surface area contributed by atoms with E-state index in [1.54, 1.807) is 19.1 Å². The van der Waals surface area contributed by atoms with Crippen LogP contribution in [0.15, 0.2) is 41.3 Å². The molecule has 0 saturated heterocycles. The monoisotopic (exact) mass is 420 g/mol. The van der Waals surface area contributed by atoms with Crippen molar-refractivity contribution in [3.05, 3.63) is 57.6 Å². The molecule has 0 aromatic heterocycles. The molecular formula is C20H28N4O4S. The summed E-state index contributed by atoms with van der Waals surface area (Å²) in [5.41, 5.74) is 1.96. The Kier molecular flexibility index (Phi) is 6.54. The topological polar surface area (TPSA) is 105 Å². The van der Waals surface area contributed by atoms with Gasteiger partial charge >= 0.3 is 0 Å². The molecule has 2 aromatic carbocycles. The quantitative estimate of drug-likeness (QED) is 0.498. The smallest absolute Gasteiger partial charge is 0.293 e. The number of hydrogen-bond donors (Lipinski definition) is 2. The van der Waals surface area contributed by atoms with E-state index in [1.807, 2.05) is 45.8 Å². The van der Waals surface area contributed by atoms with Gasteiger partial charge in [-0.2, -0.15) is 0 Å². The Morgan fingerprint density at radius 2 is 1.69 bits per heavy atom. The van der Waals surface area contributed by atoms with Gasteiger partial charge in [-0.1, -0.05) is 17.7 Å². The van der Waals surface area contributed by atoms with Crippen molar-refractivity contribution in [2.24, 2.45) is 0 Å². The van der Waals surface area contributed by atoms with Crippen molar-refractivity contribution in [3.63, 3.8) is 0 Å². The number of sulfonamides is 1. The van der Waals surface area contributed by atoms with Crippen LogP contribution in [0.4, 0.5) is 17.1 Å². The van der Waals surface area contributed by atoms with Crippen LogP contribution in [0.25, 0.3) is 0 Å².